The minimum atomic E-state index is -0.484. The van der Waals surface area contributed by atoms with E-state index in [1.807, 2.05) is 13.8 Å². The summed E-state index contributed by atoms with van der Waals surface area (Å²) in [5.41, 5.74) is 9.19. The van der Waals surface area contributed by atoms with E-state index in [4.69, 9.17) is 5.73 Å². The molecule has 19 heavy (non-hydrogen) atoms. The van der Waals surface area contributed by atoms with Gasteiger partial charge in [0, 0.05) is 0 Å². The van der Waals surface area contributed by atoms with Crippen molar-refractivity contribution in [3.8, 4) is 5.75 Å². The first-order valence-electron chi connectivity index (χ1n) is 7.24. The minimum Gasteiger partial charge on any atom is -0.508 e. The molecule has 1 fully saturated rings. The van der Waals surface area contributed by atoms with E-state index in [1.165, 1.54) is 19.3 Å². The lowest BCUT2D eigenvalue weighted by Crippen LogP contribution is -2.35. The summed E-state index contributed by atoms with van der Waals surface area (Å²) in [4.78, 5) is 0. The highest BCUT2D eigenvalue weighted by Crippen LogP contribution is 2.34. The van der Waals surface area contributed by atoms with Crippen molar-refractivity contribution in [3.63, 3.8) is 0 Å². The van der Waals surface area contributed by atoms with Gasteiger partial charge in [0.25, 0.3) is 0 Å². The smallest absolute Gasteiger partial charge is 0.116 e. The quantitative estimate of drug-likeness (QED) is 0.785. The summed E-state index contributed by atoms with van der Waals surface area (Å²) in [6, 6.07) is 3.08. The van der Waals surface area contributed by atoms with Gasteiger partial charge >= 0.3 is 0 Å². The van der Waals surface area contributed by atoms with Crippen molar-refractivity contribution in [2.45, 2.75) is 58.1 Å². The molecular weight excluding hydrogens is 238 g/mol. The summed E-state index contributed by atoms with van der Waals surface area (Å²) in [7, 11) is 0. The molecule has 0 aliphatic heterocycles. The molecule has 0 aromatic heterocycles. The average Bonchev–Trinajstić information content (AvgIpc) is 2.37. The van der Waals surface area contributed by atoms with Gasteiger partial charge in [0.2, 0.25) is 0 Å². The van der Waals surface area contributed by atoms with E-state index in [0.717, 1.165) is 29.5 Å². The fourth-order valence-corrected chi connectivity index (χ4v) is 3.42. The number of aliphatic hydroxyl groups excluding tert-OH is 1. The Kier molecular flexibility index (Phi) is 4.48. The van der Waals surface area contributed by atoms with Gasteiger partial charge in [-0.1, -0.05) is 19.3 Å². The van der Waals surface area contributed by atoms with E-state index in [2.05, 4.69) is 0 Å². The second-order valence-corrected chi connectivity index (χ2v) is 5.91. The number of benzene rings is 1. The first-order chi connectivity index (χ1) is 9.00. The standard InChI is InChI=1S/C16H25NO2/c1-10-8-13(18)9-11(2)14(10)15(17)16(19)12-6-4-3-5-7-12/h8-9,12,15-16,18-19H,3-7,17H2,1-2H3/t15-,16+/m1/s1. The topological polar surface area (TPSA) is 66.5 Å². The van der Waals surface area contributed by atoms with Crippen molar-refractivity contribution in [3.05, 3.63) is 28.8 Å². The Bertz CT molecular complexity index is 415. The number of aliphatic hydroxyl groups is 1. The van der Waals surface area contributed by atoms with Crippen LogP contribution in [0.1, 0.15) is 54.8 Å². The monoisotopic (exact) mass is 263 g/mol. The SMILES string of the molecule is Cc1cc(O)cc(C)c1[C@@H](N)[C@@H](O)C1CCCCC1. The Hall–Kier alpha value is -1.06. The lowest BCUT2D eigenvalue weighted by Gasteiger charge is -2.32. The minimum absolute atomic E-state index is 0.262. The van der Waals surface area contributed by atoms with Crippen molar-refractivity contribution in [1.82, 2.24) is 0 Å². The van der Waals surface area contributed by atoms with E-state index >= 15 is 0 Å². The second kappa shape index (κ2) is 5.93. The Labute approximate surface area is 115 Å². The first kappa shape index (κ1) is 14.4. The molecule has 1 aliphatic rings. The van der Waals surface area contributed by atoms with Crippen LogP contribution in [0.2, 0.25) is 0 Å². The van der Waals surface area contributed by atoms with Crippen LogP contribution in [0.3, 0.4) is 0 Å². The largest absolute Gasteiger partial charge is 0.508 e. The fourth-order valence-electron chi connectivity index (χ4n) is 3.42. The summed E-state index contributed by atoms with van der Waals surface area (Å²) in [6.07, 6.45) is 5.33. The molecule has 1 aliphatic carbocycles. The zero-order valence-electron chi connectivity index (χ0n) is 11.9. The predicted octanol–water partition coefficient (Wildman–Crippen LogP) is 2.95. The number of hydrogen-bond donors (Lipinski definition) is 3. The van der Waals surface area contributed by atoms with Gasteiger partial charge in [-0.15, -0.1) is 0 Å². The fraction of sp³-hybridized carbons (Fsp3) is 0.625. The van der Waals surface area contributed by atoms with Gasteiger partial charge in [0.15, 0.2) is 0 Å². The lowest BCUT2D eigenvalue weighted by molar-refractivity contribution is 0.0614. The normalized spacial score (nSPS) is 20.2. The highest BCUT2D eigenvalue weighted by atomic mass is 16.3. The Morgan fingerprint density at radius 3 is 2.16 bits per heavy atom. The second-order valence-electron chi connectivity index (χ2n) is 5.91. The number of nitrogens with two attached hydrogens (primary N) is 1. The van der Waals surface area contributed by atoms with Gasteiger partial charge in [0.1, 0.15) is 5.75 Å². The molecule has 0 amide bonds. The summed E-state index contributed by atoms with van der Waals surface area (Å²) in [5.74, 6) is 0.578. The van der Waals surface area contributed by atoms with Crippen LogP contribution in [-0.2, 0) is 0 Å². The third kappa shape index (κ3) is 3.10. The van der Waals surface area contributed by atoms with Gasteiger partial charge in [-0.3, -0.25) is 0 Å². The van der Waals surface area contributed by atoms with E-state index in [-0.39, 0.29) is 11.8 Å². The Morgan fingerprint density at radius 2 is 1.63 bits per heavy atom. The van der Waals surface area contributed by atoms with E-state index in [9.17, 15) is 10.2 Å². The number of phenols is 1. The predicted molar refractivity (Wildman–Crippen MR) is 77.1 cm³/mol. The summed E-state index contributed by atoms with van der Waals surface area (Å²) < 4.78 is 0. The van der Waals surface area contributed by atoms with Crippen LogP contribution in [0.5, 0.6) is 5.75 Å². The van der Waals surface area contributed by atoms with Crippen LogP contribution in [0.15, 0.2) is 12.1 Å². The highest BCUT2D eigenvalue weighted by Gasteiger charge is 2.29. The third-order valence-corrected chi connectivity index (χ3v) is 4.41. The Balaban J connectivity index is 2.20. The molecular formula is C16H25NO2. The maximum absolute atomic E-state index is 10.5. The van der Waals surface area contributed by atoms with Crippen LogP contribution < -0.4 is 5.73 Å². The third-order valence-electron chi connectivity index (χ3n) is 4.41. The number of phenolic OH excluding ortho intramolecular Hbond substituents is 1. The van der Waals surface area contributed by atoms with E-state index in [1.54, 1.807) is 12.1 Å². The summed E-state index contributed by atoms with van der Waals surface area (Å²) in [5, 5.41) is 20.1. The van der Waals surface area contributed by atoms with Gasteiger partial charge in [-0.2, -0.15) is 0 Å². The molecule has 0 unspecified atom stereocenters. The van der Waals surface area contributed by atoms with Crippen molar-refractivity contribution in [1.29, 1.82) is 0 Å². The van der Waals surface area contributed by atoms with E-state index in [0.29, 0.717) is 5.92 Å². The van der Waals surface area contributed by atoms with Crippen LogP contribution in [-0.4, -0.2) is 16.3 Å². The molecule has 0 heterocycles. The number of hydrogen-bond acceptors (Lipinski definition) is 3. The lowest BCUT2D eigenvalue weighted by atomic mass is 9.80. The summed E-state index contributed by atoms with van der Waals surface area (Å²) >= 11 is 0. The van der Waals surface area contributed by atoms with Crippen molar-refractivity contribution >= 4 is 0 Å². The summed E-state index contributed by atoms with van der Waals surface area (Å²) in [6.45, 7) is 3.88. The Morgan fingerprint density at radius 1 is 1.11 bits per heavy atom. The molecule has 2 atom stereocenters. The molecule has 4 N–H and O–H groups in total. The molecule has 1 aromatic rings. The number of rotatable bonds is 3. The van der Waals surface area contributed by atoms with Crippen molar-refractivity contribution in [2.24, 2.45) is 11.7 Å². The number of aryl methyl sites for hydroxylation is 2. The molecule has 3 heteroatoms. The van der Waals surface area contributed by atoms with Crippen LogP contribution in [0, 0.1) is 19.8 Å². The van der Waals surface area contributed by atoms with Gasteiger partial charge in [-0.25, -0.2) is 0 Å². The van der Waals surface area contributed by atoms with E-state index < -0.39 is 6.10 Å². The molecule has 3 nitrogen and oxygen atoms in total. The molecule has 106 valence electrons. The van der Waals surface area contributed by atoms with Crippen molar-refractivity contribution < 1.29 is 10.2 Å². The average molecular weight is 263 g/mol. The maximum Gasteiger partial charge on any atom is 0.116 e. The van der Waals surface area contributed by atoms with Gasteiger partial charge in [-0.05, 0) is 61.4 Å². The van der Waals surface area contributed by atoms with Crippen LogP contribution in [0.4, 0.5) is 0 Å². The molecule has 0 saturated heterocycles. The van der Waals surface area contributed by atoms with Crippen molar-refractivity contribution in [2.75, 3.05) is 0 Å². The molecule has 0 bridgehead atoms. The van der Waals surface area contributed by atoms with Crippen LogP contribution >= 0.6 is 0 Å². The molecule has 2 rings (SSSR count). The zero-order chi connectivity index (χ0) is 14.0. The van der Waals surface area contributed by atoms with Gasteiger partial charge in [0.05, 0.1) is 12.1 Å². The van der Waals surface area contributed by atoms with Crippen LogP contribution in [0.25, 0.3) is 0 Å². The maximum atomic E-state index is 10.5. The highest BCUT2D eigenvalue weighted by molar-refractivity contribution is 5.42. The zero-order valence-corrected chi connectivity index (χ0v) is 11.9. The molecule has 0 radical (unpaired) electrons. The molecule has 1 aromatic carbocycles. The number of aromatic hydroxyl groups is 1. The molecule has 1 saturated carbocycles. The van der Waals surface area contributed by atoms with Gasteiger partial charge < -0.3 is 15.9 Å². The first-order valence-corrected chi connectivity index (χ1v) is 7.24. The molecule has 0 spiro atoms.